The molecule has 0 radical (unpaired) electrons. The van der Waals surface area contributed by atoms with Crippen LogP contribution in [0.3, 0.4) is 0 Å². The van der Waals surface area contributed by atoms with E-state index in [9.17, 15) is 9.66 Å². The highest BCUT2D eigenvalue weighted by Crippen LogP contribution is 2.34. The topological polar surface area (TPSA) is 110 Å². The van der Waals surface area contributed by atoms with Gasteiger partial charge in [-0.05, 0) is 42.5 Å². The molecule has 0 saturated heterocycles. The number of nitrogens with one attached hydrogen (secondary N) is 2. The molecule has 1 aromatic carbocycles. The lowest BCUT2D eigenvalue weighted by Gasteiger charge is -2.13. The number of nitrogens with zero attached hydrogens (tertiary/aromatic N) is 2. The highest BCUT2D eigenvalue weighted by atomic mass is 35.5. The summed E-state index contributed by atoms with van der Waals surface area (Å²) < 4.78 is 24.6. The monoisotopic (exact) mass is 436 g/mol. The minimum Gasteiger partial charge on any atom is -0.548 e. The van der Waals surface area contributed by atoms with Gasteiger partial charge in [0.1, 0.15) is 17.6 Å². The van der Waals surface area contributed by atoms with Crippen molar-refractivity contribution < 1.29 is 14.1 Å². The summed E-state index contributed by atoms with van der Waals surface area (Å²) in [6.07, 6.45) is 1.75. The van der Waals surface area contributed by atoms with Gasteiger partial charge in [-0.25, -0.2) is 4.99 Å². The SMILES string of the molecule is Cc1c(Cl)ccc(Nc2n[s+]([O-])[nH]c2=N[C@@H](c2cc(C(C)C)co2)C(C)C)c1O. The maximum atomic E-state index is 12.0. The van der Waals surface area contributed by atoms with Crippen molar-refractivity contribution in [2.24, 2.45) is 10.9 Å². The van der Waals surface area contributed by atoms with Gasteiger partial charge in [-0.15, -0.1) is 4.37 Å². The molecule has 2 heterocycles. The molecule has 0 aliphatic carbocycles. The first-order valence-corrected chi connectivity index (χ1v) is 10.8. The Morgan fingerprint density at radius 3 is 2.66 bits per heavy atom. The molecule has 0 spiro atoms. The molecular formula is C20H25ClN4O3S. The summed E-state index contributed by atoms with van der Waals surface area (Å²) in [5, 5.41) is 13.8. The van der Waals surface area contributed by atoms with E-state index in [1.54, 1.807) is 25.3 Å². The quantitative estimate of drug-likeness (QED) is 0.346. The molecular weight excluding hydrogens is 412 g/mol. The molecule has 3 rings (SSSR count). The van der Waals surface area contributed by atoms with Crippen molar-refractivity contribution in [2.45, 2.75) is 46.6 Å². The van der Waals surface area contributed by atoms with Gasteiger partial charge in [-0.1, -0.05) is 39.3 Å². The molecule has 9 heteroatoms. The number of halogens is 1. The van der Waals surface area contributed by atoms with Crippen LogP contribution in [0.1, 0.15) is 56.5 Å². The predicted octanol–water partition coefficient (Wildman–Crippen LogP) is 5.56. The first-order chi connectivity index (χ1) is 13.7. The Morgan fingerprint density at radius 1 is 1.31 bits per heavy atom. The predicted molar refractivity (Wildman–Crippen MR) is 114 cm³/mol. The third kappa shape index (κ3) is 4.66. The summed E-state index contributed by atoms with van der Waals surface area (Å²) in [5.41, 5.74) is 2.39. The van der Waals surface area contributed by atoms with Crippen LogP contribution in [0.25, 0.3) is 0 Å². The molecule has 2 atom stereocenters. The van der Waals surface area contributed by atoms with Crippen molar-refractivity contribution >= 4 is 34.2 Å². The molecule has 0 bridgehead atoms. The number of hydrogen-bond acceptors (Lipinski definition) is 6. The normalized spacial score (nSPS) is 14.1. The minimum atomic E-state index is -1.65. The average Bonchev–Trinajstić information content (AvgIpc) is 3.26. The van der Waals surface area contributed by atoms with Crippen molar-refractivity contribution in [1.29, 1.82) is 0 Å². The highest BCUT2D eigenvalue weighted by Gasteiger charge is 2.22. The van der Waals surface area contributed by atoms with Crippen LogP contribution >= 0.6 is 22.7 Å². The number of benzene rings is 1. The summed E-state index contributed by atoms with van der Waals surface area (Å²) in [6.45, 7) is 9.99. The van der Waals surface area contributed by atoms with E-state index in [1.807, 2.05) is 19.9 Å². The van der Waals surface area contributed by atoms with Gasteiger partial charge in [0.25, 0.3) is 0 Å². The zero-order chi connectivity index (χ0) is 21.3. The second-order valence-electron chi connectivity index (χ2n) is 7.59. The zero-order valence-electron chi connectivity index (χ0n) is 17.0. The molecule has 0 aliphatic rings. The lowest BCUT2D eigenvalue weighted by Crippen LogP contribution is -2.14. The number of aromatic amines is 1. The van der Waals surface area contributed by atoms with E-state index in [4.69, 9.17) is 21.0 Å². The Hall–Kier alpha value is -2.29. The Bertz CT molecular complexity index is 1070. The third-order valence-corrected chi connectivity index (χ3v) is 5.82. The van der Waals surface area contributed by atoms with E-state index in [2.05, 4.69) is 27.9 Å². The van der Waals surface area contributed by atoms with Crippen LogP contribution in [0.15, 0.2) is 33.9 Å². The van der Waals surface area contributed by atoms with Gasteiger partial charge in [-0.2, -0.15) is 0 Å². The molecule has 3 N–H and O–H groups in total. The smallest absolute Gasteiger partial charge is 0.236 e. The van der Waals surface area contributed by atoms with Crippen LogP contribution < -0.4 is 10.8 Å². The molecule has 0 amide bonds. The van der Waals surface area contributed by atoms with Gasteiger partial charge < -0.3 is 19.4 Å². The molecule has 0 fully saturated rings. The maximum Gasteiger partial charge on any atom is 0.236 e. The number of anilines is 2. The second-order valence-corrected chi connectivity index (χ2v) is 8.88. The van der Waals surface area contributed by atoms with Gasteiger partial charge >= 0.3 is 0 Å². The Kier molecular flexibility index (Phi) is 6.36. The van der Waals surface area contributed by atoms with Gasteiger partial charge in [0.15, 0.2) is 11.1 Å². The van der Waals surface area contributed by atoms with Crippen LogP contribution in [0.4, 0.5) is 11.5 Å². The lowest BCUT2D eigenvalue weighted by molar-refractivity contribution is 0.398. The molecule has 0 saturated carbocycles. The van der Waals surface area contributed by atoms with Crippen molar-refractivity contribution in [2.75, 3.05) is 5.32 Å². The van der Waals surface area contributed by atoms with Crippen molar-refractivity contribution in [3.63, 3.8) is 0 Å². The molecule has 3 aromatic rings. The van der Waals surface area contributed by atoms with E-state index in [-0.39, 0.29) is 23.5 Å². The summed E-state index contributed by atoms with van der Waals surface area (Å²) in [7, 11) is 0. The Labute approximate surface area is 177 Å². The fourth-order valence-electron chi connectivity index (χ4n) is 2.86. The lowest BCUT2D eigenvalue weighted by atomic mass is 10.0. The molecule has 7 nitrogen and oxygen atoms in total. The van der Waals surface area contributed by atoms with Crippen LogP contribution in [-0.2, 0) is 0 Å². The maximum absolute atomic E-state index is 12.0. The van der Waals surface area contributed by atoms with Crippen molar-refractivity contribution in [3.8, 4) is 5.75 Å². The average molecular weight is 437 g/mol. The number of hydrogen-bond donors (Lipinski definition) is 3. The fourth-order valence-corrected chi connectivity index (χ4v) is 3.67. The molecule has 156 valence electrons. The third-order valence-electron chi connectivity index (χ3n) is 4.70. The number of H-pyrrole nitrogens is 1. The van der Waals surface area contributed by atoms with E-state index in [0.29, 0.717) is 27.7 Å². The van der Waals surface area contributed by atoms with Crippen molar-refractivity contribution in [1.82, 2.24) is 8.75 Å². The summed E-state index contributed by atoms with van der Waals surface area (Å²) in [6, 6.07) is 5.02. The standard InChI is InChI=1S/C20H25ClN4O3S/c1-10(2)13-8-16(28-9-13)17(11(3)4)23-20-19(24-29(27)25-20)22-15-7-6-14(21)12(5)18(15)26/h6-11,17,26H,1-5H3,(H,22,24)(H,23,25)/t17-,29?/m1/s1. The van der Waals surface area contributed by atoms with Crippen LogP contribution in [0.2, 0.25) is 5.02 Å². The van der Waals surface area contributed by atoms with Gasteiger partial charge in [0, 0.05) is 15.0 Å². The van der Waals surface area contributed by atoms with E-state index >= 15 is 0 Å². The fraction of sp³-hybridized carbons (Fsp3) is 0.400. The number of aromatic nitrogens is 2. The van der Waals surface area contributed by atoms with E-state index in [0.717, 1.165) is 11.3 Å². The van der Waals surface area contributed by atoms with Gasteiger partial charge in [0.05, 0.1) is 12.0 Å². The summed E-state index contributed by atoms with van der Waals surface area (Å²) >= 11 is 4.38. The Morgan fingerprint density at radius 2 is 2.03 bits per heavy atom. The number of aromatic hydroxyl groups is 1. The number of rotatable bonds is 6. The van der Waals surface area contributed by atoms with Crippen LogP contribution in [0, 0.1) is 12.8 Å². The first kappa shape index (κ1) is 21.4. The number of furan rings is 1. The first-order valence-electron chi connectivity index (χ1n) is 9.36. The largest absolute Gasteiger partial charge is 0.548 e. The molecule has 0 aliphatic heterocycles. The Balaban J connectivity index is 2.01. The van der Waals surface area contributed by atoms with E-state index < -0.39 is 11.1 Å². The summed E-state index contributed by atoms with van der Waals surface area (Å²) in [5.74, 6) is 1.50. The van der Waals surface area contributed by atoms with Crippen LogP contribution in [0.5, 0.6) is 5.75 Å². The molecule has 2 aromatic heterocycles. The molecule has 1 unspecified atom stereocenters. The van der Waals surface area contributed by atoms with E-state index in [1.165, 1.54) is 0 Å². The van der Waals surface area contributed by atoms with Crippen molar-refractivity contribution in [3.05, 3.63) is 51.9 Å². The second kappa shape index (κ2) is 8.61. The van der Waals surface area contributed by atoms with Crippen LogP contribution in [-0.4, -0.2) is 18.4 Å². The highest BCUT2D eigenvalue weighted by molar-refractivity contribution is 7.13. The van der Waals surface area contributed by atoms with Gasteiger partial charge in [-0.3, -0.25) is 0 Å². The summed E-state index contributed by atoms with van der Waals surface area (Å²) in [4.78, 5) is 4.73. The number of phenolic OH excluding ortho intramolecular Hbond substituents is 1. The van der Waals surface area contributed by atoms with Gasteiger partial charge in [0.2, 0.25) is 11.3 Å². The molecule has 29 heavy (non-hydrogen) atoms. The zero-order valence-corrected chi connectivity index (χ0v) is 18.6. The number of phenols is 1. The minimum absolute atomic E-state index is 0.00486.